The SMILES string of the molecule is Cc1cccc(Nc2ccc(C(=O)NCCc3ccc(F)cc3)nc2)c1. The number of carbonyl (C=O) groups excluding carboxylic acids is 1. The largest absolute Gasteiger partial charge is 0.354 e. The highest BCUT2D eigenvalue weighted by Gasteiger charge is 2.07. The summed E-state index contributed by atoms with van der Waals surface area (Å²) in [5.74, 6) is -0.490. The summed E-state index contributed by atoms with van der Waals surface area (Å²) < 4.78 is 12.9. The standard InChI is InChI=1S/C21H20FN3O/c1-15-3-2-4-18(13-15)25-19-9-10-20(24-14-19)21(26)23-12-11-16-5-7-17(22)8-6-16/h2-10,13-14,25H,11-12H2,1H3,(H,23,26). The smallest absolute Gasteiger partial charge is 0.269 e. The lowest BCUT2D eigenvalue weighted by molar-refractivity contribution is 0.0949. The van der Waals surface area contributed by atoms with Crippen LogP contribution in [0.1, 0.15) is 21.6 Å². The van der Waals surface area contributed by atoms with Crippen LogP contribution in [-0.4, -0.2) is 17.4 Å². The van der Waals surface area contributed by atoms with Crippen molar-refractivity contribution in [1.29, 1.82) is 0 Å². The van der Waals surface area contributed by atoms with Gasteiger partial charge in [-0.25, -0.2) is 9.37 Å². The highest BCUT2D eigenvalue weighted by molar-refractivity contribution is 5.92. The molecule has 0 saturated heterocycles. The van der Waals surface area contributed by atoms with E-state index in [1.165, 1.54) is 17.7 Å². The van der Waals surface area contributed by atoms with E-state index in [4.69, 9.17) is 0 Å². The number of pyridine rings is 1. The van der Waals surface area contributed by atoms with Crippen LogP contribution in [-0.2, 0) is 6.42 Å². The maximum absolute atomic E-state index is 12.9. The van der Waals surface area contributed by atoms with Gasteiger partial charge in [0.05, 0.1) is 11.9 Å². The molecule has 0 unspecified atom stereocenters. The van der Waals surface area contributed by atoms with E-state index >= 15 is 0 Å². The summed E-state index contributed by atoms with van der Waals surface area (Å²) in [4.78, 5) is 16.4. The van der Waals surface area contributed by atoms with Gasteiger partial charge in [-0.3, -0.25) is 4.79 Å². The monoisotopic (exact) mass is 349 g/mol. The van der Waals surface area contributed by atoms with Crippen LogP contribution < -0.4 is 10.6 Å². The van der Waals surface area contributed by atoms with Gasteiger partial charge < -0.3 is 10.6 Å². The van der Waals surface area contributed by atoms with Crippen molar-refractivity contribution >= 4 is 17.3 Å². The number of hydrogen-bond donors (Lipinski definition) is 2. The van der Waals surface area contributed by atoms with Crippen molar-refractivity contribution in [3.05, 3.63) is 89.5 Å². The van der Waals surface area contributed by atoms with E-state index in [0.717, 1.165) is 16.9 Å². The third kappa shape index (κ3) is 4.89. The van der Waals surface area contributed by atoms with E-state index < -0.39 is 0 Å². The first-order valence-corrected chi connectivity index (χ1v) is 8.42. The Morgan fingerprint density at radius 2 is 1.85 bits per heavy atom. The number of aromatic nitrogens is 1. The van der Waals surface area contributed by atoms with E-state index in [9.17, 15) is 9.18 Å². The molecule has 2 N–H and O–H groups in total. The quantitative estimate of drug-likeness (QED) is 0.700. The lowest BCUT2D eigenvalue weighted by Gasteiger charge is -2.08. The molecule has 132 valence electrons. The van der Waals surface area contributed by atoms with E-state index in [1.807, 2.05) is 37.3 Å². The second kappa shape index (κ2) is 8.25. The Bertz CT molecular complexity index is 877. The van der Waals surface area contributed by atoms with Crippen molar-refractivity contribution < 1.29 is 9.18 Å². The minimum absolute atomic E-state index is 0.228. The molecule has 0 aliphatic rings. The normalized spacial score (nSPS) is 10.4. The predicted octanol–water partition coefficient (Wildman–Crippen LogP) is 4.25. The molecule has 0 radical (unpaired) electrons. The first kappa shape index (κ1) is 17.6. The number of benzene rings is 2. The molecule has 0 fully saturated rings. The molecule has 0 atom stereocenters. The average molecular weight is 349 g/mol. The van der Waals surface area contributed by atoms with Gasteiger partial charge in [0, 0.05) is 12.2 Å². The number of halogens is 1. The summed E-state index contributed by atoms with van der Waals surface area (Å²) >= 11 is 0. The molecular formula is C21H20FN3O. The highest BCUT2D eigenvalue weighted by Crippen LogP contribution is 2.16. The van der Waals surface area contributed by atoms with Crippen LogP contribution in [0.2, 0.25) is 0 Å². The second-order valence-electron chi connectivity index (χ2n) is 6.06. The third-order valence-corrected chi connectivity index (χ3v) is 3.92. The molecule has 0 saturated carbocycles. The summed E-state index contributed by atoms with van der Waals surface area (Å²) in [5.41, 5.74) is 4.29. The minimum atomic E-state index is -0.263. The van der Waals surface area contributed by atoms with Crippen molar-refractivity contribution in [1.82, 2.24) is 10.3 Å². The van der Waals surface area contributed by atoms with Gasteiger partial charge in [-0.2, -0.15) is 0 Å². The number of nitrogens with one attached hydrogen (secondary N) is 2. The fraction of sp³-hybridized carbons (Fsp3) is 0.143. The Labute approximate surface area is 152 Å². The third-order valence-electron chi connectivity index (χ3n) is 3.92. The molecule has 3 rings (SSSR count). The van der Waals surface area contributed by atoms with Crippen LogP contribution >= 0.6 is 0 Å². The number of rotatable bonds is 6. The molecule has 26 heavy (non-hydrogen) atoms. The molecule has 1 aromatic heterocycles. The Balaban J connectivity index is 1.52. The van der Waals surface area contributed by atoms with Crippen molar-refractivity contribution in [3.63, 3.8) is 0 Å². The molecule has 5 heteroatoms. The van der Waals surface area contributed by atoms with E-state index in [-0.39, 0.29) is 11.7 Å². The lowest BCUT2D eigenvalue weighted by Crippen LogP contribution is -2.26. The van der Waals surface area contributed by atoms with Crippen LogP contribution in [0, 0.1) is 12.7 Å². The molecule has 0 aliphatic carbocycles. The van der Waals surface area contributed by atoms with Crippen molar-refractivity contribution in [2.75, 3.05) is 11.9 Å². The Morgan fingerprint density at radius 3 is 2.54 bits per heavy atom. The zero-order chi connectivity index (χ0) is 18.4. The van der Waals surface area contributed by atoms with Crippen molar-refractivity contribution in [3.8, 4) is 0 Å². The molecule has 0 bridgehead atoms. The van der Waals surface area contributed by atoms with Gasteiger partial charge in [0.25, 0.3) is 5.91 Å². The molecular weight excluding hydrogens is 329 g/mol. The van der Waals surface area contributed by atoms with Crippen LogP contribution in [0.4, 0.5) is 15.8 Å². The molecule has 1 heterocycles. The van der Waals surface area contributed by atoms with E-state index in [1.54, 1.807) is 24.4 Å². The molecule has 0 aliphatic heterocycles. The second-order valence-corrected chi connectivity index (χ2v) is 6.06. The predicted molar refractivity (Wildman–Crippen MR) is 101 cm³/mol. The topological polar surface area (TPSA) is 54.0 Å². The molecule has 1 amide bonds. The van der Waals surface area contributed by atoms with Gasteiger partial charge in [0.15, 0.2) is 0 Å². The van der Waals surface area contributed by atoms with Gasteiger partial charge in [-0.15, -0.1) is 0 Å². The summed E-state index contributed by atoms with van der Waals surface area (Å²) in [6.07, 6.45) is 2.27. The fourth-order valence-electron chi connectivity index (χ4n) is 2.55. The lowest BCUT2D eigenvalue weighted by atomic mass is 10.1. The first-order chi connectivity index (χ1) is 12.6. The van der Waals surface area contributed by atoms with Crippen LogP contribution in [0.25, 0.3) is 0 Å². The van der Waals surface area contributed by atoms with Crippen molar-refractivity contribution in [2.45, 2.75) is 13.3 Å². The van der Waals surface area contributed by atoms with E-state index in [2.05, 4.69) is 15.6 Å². The first-order valence-electron chi connectivity index (χ1n) is 8.42. The zero-order valence-corrected chi connectivity index (χ0v) is 14.5. The average Bonchev–Trinajstić information content (AvgIpc) is 2.64. The maximum Gasteiger partial charge on any atom is 0.269 e. The molecule has 0 spiro atoms. The molecule has 3 aromatic rings. The summed E-state index contributed by atoms with van der Waals surface area (Å²) in [6.45, 7) is 2.50. The minimum Gasteiger partial charge on any atom is -0.354 e. The Morgan fingerprint density at radius 1 is 1.04 bits per heavy atom. The number of aryl methyl sites for hydroxylation is 1. The highest BCUT2D eigenvalue weighted by atomic mass is 19.1. The number of nitrogens with zero attached hydrogens (tertiary/aromatic N) is 1. The summed E-state index contributed by atoms with van der Waals surface area (Å²) in [5, 5.41) is 6.08. The summed E-state index contributed by atoms with van der Waals surface area (Å²) in [6, 6.07) is 17.8. The Kier molecular flexibility index (Phi) is 5.59. The fourth-order valence-corrected chi connectivity index (χ4v) is 2.55. The summed E-state index contributed by atoms with van der Waals surface area (Å²) in [7, 11) is 0. The van der Waals surface area contributed by atoms with Crippen LogP contribution in [0.3, 0.4) is 0 Å². The number of anilines is 2. The number of amides is 1. The maximum atomic E-state index is 12.9. The number of hydrogen-bond acceptors (Lipinski definition) is 3. The van der Waals surface area contributed by atoms with Crippen molar-refractivity contribution in [2.24, 2.45) is 0 Å². The molecule has 2 aromatic carbocycles. The van der Waals surface area contributed by atoms with Gasteiger partial charge in [-0.1, -0.05) is 24.3 Å². The van der Waals surface area contributed by atoms with Gasteiger partial charge in [-0.05, 0) is 60.9 Å². The molecule has 4 nitrogen and oxygen atoms in total. The van der Waals surface area contributed by atoms with E-state index in [0.29, 0.717) is 18.7 Å². The van der Waals surface area contributed by atoms with Gasteiger partial charge in [0.1, 0.15) is 11.5 Å². The Hall–Kier alpha value is -3.21. The van der Waals surface area contributed by atoms with Crippen LogP contribution in [0.5, 0.6) is 0 Å². The van der Waals surface area contributed by atoms with Gasteiger partial charge in [0.2, 0.25) is 0 Å². The van der Waals surface area contributed by atoms with Gasteiger partial charge >= 0.3 is 0 Å². The van der Waals surface area contributed by atoms with Crippen LogP contribution in [0.15, 0.2) is 66.9 Å². The number of carbonyl (C=O) groups is 1. The zero-order valence-electron chi connectivity index (χ0n) is 14.5.